The Balaban J connectivity index is 0. The molecule has 0 saturated carbocycles. The van der Waals surface area contributed by atoms with Crippen LogP contribution in [0.2, 0.25) is 0 Å². The molecule has 0 aromatic heterocycles. The molecule has 0 unspecified atom stereocenters. The van der Waals surface area contributed by atoms with Crippen LogP contribution in [0.15, 0.2) is 0 Å². The molecule has 0 atom stereocenters. The van der Waals surface area contributed by atoms with Crippen LogP contribution in [-0.4, -0.2) is 0 Å². The fourth-order valence-electron chi connectivity index (χ4n) is 0. The van der Waals surface area contributed by atoms with Gasteiger partial charge in [0.05, 0.1) is 0 Å². The third kappa shape index (κ3) is 17.8. The molecule has 0 fully saturated rings. The Hall–Kier alpha value is 4.32. The van der Waals surface area contributed by atoms with Crippen molar-refractivity contribution in [1.82, 2.24) is 0 Å². The molecule has 3 radical (unpaired) electrons. The molecule has 0 rings (SSSR count). The summed E-state index contributed by atoms with van der Waals surface area (Å²) in [6.45, 7) is 0. The molecule has 0 bridgehead atoms. The van der Waals surface area contributed by atoms with Crippen molar-refractivity contribution in [2.75, 3.05) is 0 Å². The first kappa shape index (κ1) is 34.6. The Kier molecular flexibility index (Phi) is 165. The molecule has 0 aliphatic heterocycles. The number of rotatable bonds is 0. The molecule has 0 aliphatic carbocycles. The summed E-state index contributed by atoms with van der Waals surface area (Å²) in [4.78, 5) is 0. The maximum Gasteiger partial charge on any atom is 0 e. The largest absolute Gasteiger partial charge is 0 e. The van der Waals surface area contributed by atoms with Gasteiger partial charge in [-0.25, -0.2) is 0 Å². The van der Waals surface area contributed by atoms with Crippen molar-refractivity contribution in [2.45, 2.75) is 0 Å². The van der Waals surface area contributed by atoms with Gasteiger partial charge in [0.15, 0.2) is 0 Å². The van der Waals surface area contributed by atoms with Crippen molar-refractivity contribution in [2.24, 2.45) is 0 Å². The average Bonchev–Trinajstić information content (AvgIpc) is 0. The second-order valence-corrected chi connectivity index (χ2v) is 0. The standard InChI is InChI=1S/Ag.Ce.Cu.La.Ni. The van der Waals surface area contributed by atoms with Crippen LogP contribution in [0.3, 0.4) is 0 Å². The zero-order chi connectivity index (χ0) is 0. The number of hydrogen-bond donors (Lipinski definition) is 0. The molecular formula is AgCeCuLaNi. The normalized spacial score (nSPS) is 0. The van der Waals surface area contributed by atoms with Crippen LogP contribution < -0.4 is 0 Å². The van der Waals surface area contributed by atoms with Crippen LogP contribution in [0.4, 0.5) is 0 Å². The van der Waals surface area contributed by atoms with E-state index in [1.54, 1.807) is 0 Å². The van der Waals surface area contributed by atoms with Gasteiger partial charge in [0.1, 0.15) is 0 Å². The monoisotopic (exact) mass is 507 g/mol. The summed E-state index contributed by atoms with van der Waals surface area (Å²) in [6.07, 6.45) is 0. The van der Waals surface area contributed by atoms with E-state index in [9.17, 15) is 0 Å². The second kappa shape index (κ2) is 23.9. The van der Waals surface area contributed by atoms with Crippen LogP contribution in [0.25, 0.3) is 0 Å². The smallest absolute Gasteiger partial charge is 0 e. The Morgan fingerprint density at radius 2 is 1.00 bits per heavy atom. The zero-order valence-corrected chi connectivity index (χ0v) is 12.2. The van der Waals surface area contributed by atoms with Crippen molar-refractivity contribution in [3.05, 3.63) is 0 Å². The van der Waals surface area contributed by atoms with Crippen LogP contribution in [0.1, 0.15) is 0 Å². The van der Waals surface area contributed by atoms with E-state index in [4.69, 9.17) is 0 Å². The van der Waals surface area contributed by atoms with Crippen molar-refractivity contribution < 1.29 is 133 Å². The maximum atomic E-state index is 0. The quantitative estimate of drug-likeness (QED) is 0.404. The third-order valence-corrected chi connectivity index (χ3v) is 0. The predicted octanol–water partition coefficient (Wildman–Crippen LogP) is -0.00750. The minimum Gasteiger partial charge on any atom is 0 e. The molecule has 0 heterocycles. The summed E-state index contributed by atoms with van der Waals surface area (Å²) >= 11 is 0. The van der Waals surface area contributed by atoms with Crippen molar-refractivity contribution in [3.8, 4) is 0 Å². The first-order valence-electron chi connectivity index (χ1n) is 0. The van der Waals surface area contributed by atoms with Crippen LogP contribution >= 0.6 is 0 Å². The molecule has 0 aromatic rings. The van der Waals surface area contributed by atoms with E-state index in [2.05, 4.69) is 0 Å². The zero-order valence-electron chi connectivity index (χ0n) is 2.00. The third-order valence-electron chi connectivity index (χ3n) is 0. The van der Waals surface area contributed by atoms with E-state index in [1.165, 1.54) is 0 Å². The van der Waals surface area contributed by atoms with E-state index in [0.717, 1.165) is 0 Å². The van der Waals surface area contributed by atoms with E-state index in [1.807, 2.05) is 0 Å². The molecule has 0 nitrogen and oxygen atoms in total. The van der Waals surface area contributed by atoms with Gasteiger partial charge in [-0.15, -0.1) is 0 Å². The van der Waals surface area contributed by atoms with Gasteiger partial charge in [-0.05, 0) is 0 Å². The van der Waals surface area contributed by atoms with Gasteiger partial charge in [-0.3, -0.25) is 0 Å². The average molecular weight is 509 g/mol. The molecule has 0 amide bonds. The summed E-state index contributed by atoms with van der Waals surface area (Å²) in [7, 11) is 0. The van der Waals surface area contributed by atoms with Crippen LogP contribution in [0, 0.1) is 77.3 Å². The van der Waals surface area contributed by atoms with E-state index >= 15 is 0 Å². The molecule has 5 heavy (non-hydrogen) atoms. The molecule has 0 aliphatic rings. The fourth-order valence-corrected chi connectivity index (χ4v) is 0. The topological polar surface area (TPSA) is 0 Å². The SMILES string of the molecule is [Ag].[Ce].[Cu].[La].[Ni]. The second-order valence-electron chi connectivity index (χ2n) is 0. The van der Waals surface area contributed by atoms with Crippen molar-refractivity contribution >= 4 is 0 Å². The first-order valence-corrected chi connectivity index (χ1v) is 0. The summed E-state index contributed by atoms with van der Waals surface area (Å²) in [6, 6.07) is 0. The molecule has 0 N–H and O–H groups in total. The van der Waals surface area contributed by atoms with Gasteiger partial charge in [0.2, 0.25) is 0 Å². The predicted molar refractivity (Wildman–Crippen MR) is 0 cm³/mol. The van der Waals surface area contributed by atoms with Crippen molar-refractivity contribution in [1.29, 1.82) is 0 Å². The van der Waals surface area contributed by atoms with Gasteiger partial charge in [-0.1, -0.05) is 0 Å². The van der Waals surface area contributed by atoms with Crippen LogP contribution in [0.5, 0.6) is 0 Å². The summed E-state index contributed by atoms with van der Waals surface area (Å²) in [5, 5.41) is 0. The van der Waals surface area contributed by atoms with E-state index < -0.39 is 0 Å². The number of hydrogen-bond acceptors (Lipinski definition) is 0. The Morgan fingerprint density at radius 1 is 1.00 bits per heavy atom. The van der Waals surface area contributed by atoms with Gasteiger partial charge >= 0.3 is 0 Å². The van der Waals surface area contributed by atoms with Gasteiger partial charge in [0.25, 0.3) is 0 Å². The van der Waals surface area contributed by atoms with Crippen molar-refractivity contribution in [3.63, 3.8) is 0 Å². The first-order chi connectivity index (χ1) is 0. The Morgan fingerprint density at radius 3 is 1.00 bits per heavy atom. The Bertz CT molecular complexity index is 11.6. The fraction of sp³-hybridized carbons (Fsp3) is 0. The van der Waals surface area contributed by atoms with E-state index in [-0.39, 0.29) is 133 Å². The van der Waals surface area contributed by atoms with Gasteiger partial charge in [0, 0.05) is 133 Å². The molecule has 5 heteroatoms. The maximum absolute atomic E-state index is 0. The van der Waals surface area contributed by atoms with Gasteiger partial charge < -0.3 is 0 Å². The summed E-state index contributed by atoms with van der Waals surface area (Å²) in [5.74, 6) is 0. The molecule has 39 valence electrons. The molecule has 0 saturated heterocycles. The van der Waals surface area contributed by atoms with Gasteiger partial charge in [-0.2, -0.15) is 0 Å². The Labute approximate surface area is 130 Å². The minimum absolute atomic E-state index is 0. The molecular weight excluding hydrogens is 509 g/mol. The molecule has 0 spiro atoms. The molecule has 0 aromatic carbocycles. The summed E-state index contributed by atoms with van der Waals surface area (Å²) in [5.41, 5.74) is 0. The summed E-state index contributed by atoms with van der Waals surface area (Å²) < 4.78 is 0. The minimum atomic E-state index is 0. The van der Waals surface area contributed by atoms with E-state index in [0.29, 0.717) is 0 Å². The van der Waals surface area contributed by atoms with Crippen LogP contribution in [-0.2, 0) is 55.9 Å².